The summed E-state index contributed by atoms with van der Waals surface area (Å²) in [5, 5.41) is -1.10. The smallest absolute Gasteiger partial charge is 0.208 e. The van der Waals surface area contributed by atoms with Gasteiger partial charge in [0.25, 0.3) is 0 Å². The second-order valence-electron chi connectivity index (χ2n) is 10.1. The molecule has 148 valence electrons. The van der Waals surface area contributed by atoms with E-state index < -0.39 is 35.3 Å². The first-order valence-corrected chi connectivity index (χ1v) is 12.6. The molecule has 1 aliphatic heterocycles. The quantitative estimate of drug-likeness (QED) is 0.561. The first kappa shape index (κ1) is 21.6. The molecular weight excluding hydrogens is 366 g/mol. The summed E-state index contributed by atoms with van der Waals surface area (Å²) >= 11 is 0. The molecule has 0 fully saturated rings. The van der Waals surface area contributed by atoms with Gasteiger partial charge in [0.15, 0.2) is 7.14 Å². The van der Waals surface area contributed by atoms with Gasteiger partial charge in [0.2, 0.25) is 5.59 Å². The maximum Gasteiger partial charge on any atom is 0.208 e. The predicted octanol–water partition coefficient (Wildman–Crippen LogP) is 6.12. The van der Waals surface area contributed by atoms with Gasteiger partial charge >= 0.3 is 0 Å². The number of benzene rings is 1. The van der Waals surface area contributed by atoms with E-state index in [1.165, 1.54) is 0 Å². The maximum absolute atomic E-state index is 14.7. The molecule has 6 heteroatoms. The molecule has 1 aromatic rings. The third-order valence-corrected chi connectivity index (χ3v) is 15.8. The zero-order valence-corrected chi connectivity index (χ0v) is 19.6. The first-order chi connectivity index (χ1) is 11.5. The van der Waals surface area contributed by atoms with Crippen LogP contribution in [-0.4, -0.2) is 28.2 Å². The highest BCUT2D eigenvalue weighted by Gasteiger charge is 2.66. The molecule has 0 N–H and O–H groups in total. The molecule has 2 atom stereocenters. The average Bonchev–Trinajstić information content (AvgIpc) is 2.78. The molecule has 1 unspecified atom stereocenters. The topological polar surface area (TPSA) is 52.6 Å². The molecule has 0 amide bonds. The largest absolute Gasteiger partial charge is 0.496 e. The molecular formula is C20H34O4P2. The van der Waals surface area contributed by atoms with Crippen LogP contribution in [-0.2, 0) is 9.13 Å². The van der Waals surface area contributed by atoms with Crippen molar-refractivity contribution in [2.24, 2.45) is 0 Å². The van der Waals surface area contributed by atoms with Gasteiger partial charge < -0.3 is 18.6 Å². The lowest BCUT2D eigenvalue weighted by Crippen LogP contribution is -2.39. The van der Waals surface area contributed by atoms with Gasteiger partial charge in [-0.3, -0.25) is 0 Å². The summed E-state index contributed by atoms with van der Waals surface area (Å²) in [6, 6.07) is 5.44. The summed E-state index contributed by atoms with van der Waals surface area (Å²) in [4.78, 5) is 0. The molecule has 0 spiro atoms. The standard InChI is InChI=1S/C20H34O4P2/c1-18(2,3)25(21)16-14(23-10)12-11-13-15(16)24-17(25)26(22,19(4,5)6)20(7,8)9/h11-13,17H,1-10H3/t17?,25-/m0/s1. The molecule has 2 rings (SSSR count). The van der Waals surface area contributed by atoms with Crippen LogP contribution in [0.25, 0.3) is 0 Å². The minimum Gasteiger partial charge on any atom is -0.496 e. The summed E-state index contributed by atoms with van der Waals surface area (Å²) in [6.07, 6.45) is 0. The van der Waals surface area contributed by atoms with Crippen LogP contribution in [0.2, 0.25) is 0 Å². The number of methoxy groups -OCH3 is 1. The van der Waals surface area contributed by atoms with E-state index in [-0.39, 0.29) is 0 Å². The van der Waals surface area contributed by atoms with E-state index >= 15 is 0 Å². The van der Waals surface area contributed by atoms with Gasteiger partial charge in [0.1, 0.15) is 23.9 Å². The summed E-state index contributed by atoms with van der Waals surface area (Å²) in [5.41, 5.74) is -0.846. The van der Waals surface area contributed by atoms with Crippen molar-refractivity contribution < 1.29 is 18.6 Å². The fourth-order valence-electron chi connectivity index (χ4n) is 4.03. The van der Waals surface area contributed by atoms with Crippen LogP contribution >= 0.6 is 14.3 Å². The van der Waals surface area contributed by atoms with Crippen LogP contribution in [0.4, 0.5) is 0 Å². The van der Waals surface area contributed by atoms with Crippen LogP contribution < -0.4 is 14.8 Å². The second kappa shape index (κ2) is 6.14. The lowest BCUT2D eigenvalue weighted by molar-refractivity contribution is 0.332. The van der Waals surface area contributed by atoms with Crippen LogP contribution in [0.1, 0.15) is 62.3 Å². The van der Waals surface area contributed by atoms with E-state index in [4.69, 9.17) is 9.47 Å². The summed E-state index contributed by atoms with van der Waals surface area (Å²) in [5.74, 6) is 1.10. The highest BCUT2D eigenvalue weighted by atomic mass is 31.2. The Bertz CT molecular complexity index is 773. The van der Waals surface area contributed by atoms with Crippen LogP contribution in [0, 0.1) is 0 Å². The molecule has 1 aromatic carbocycles. The Hall–Kier alpha value is -0.720. The molecule has 0 bridgehead atoms. The van der Waals surface area contributed by atoms with Crippen LogP contribution in [0.3, 0.4) is 0 Å². The molecule has 0 aromatic heterocycles. The van der Waals surface area contributed by atoms with Crippen molar-refractivity contribution in [3.63, 3.8) is 0 Å². The van der Waals surface area contributed by atoms with Crippen molar-refractivity contribution in [3.05, 3.63) is 18.2 Å². The average molecular weight is 400 g/mol. The van der Waals surface area contributed by atoms with E-state index in [0.717, 1.165) is 0 Å². The fraction of sp³-hybridized carbons (Fsp3) is 0.700. The third kappa shape index (κ3) is 2.80. The number of hydrogen-bond acceptors (Lipinski definition) is 4. The van der Waals surface area contributed by atoms with Gasteiger partial charge in [0.05, 0.1) is 7.11 Å². The maximum atomic E-state index is 14.7. The molecule has 0 saturated heterocycles. The minimum atomic E-state index is -3.23. The predicted molar refractivity (Wildman–Crippen MR) is 112 cm³/mol. The molecule has 0 aliphatic carbocycles. The fourth-order valence-corrected chi connectivity index (χ4v) is 15.7. The van der Waals surface area contributed by atoms with Crippen molar-refractivity contribution in [1.29, 1.82) is 0 Å². The first-order valence-electron chi connectivity index (χ1n) is 9.07. The molecule has 1 aliphatic rings. The summed E-state index contributed by atoms with van der Waals surface area (Å²) in [7, 11) is -4.77. The monoisotopic (exact) mass is 400 g/mol. The minimum absolute atomic E-state index is 0.543. The Labute approximate surface area is 158 Å². The van der Waals surface area contributed by atoms with Crippen molar-refractivity contribution >= 4 is 19.6 Å². The summed E-state index contributed by atoms with van der Waals surface area (Å²) in [6.45, 7) is 17.6. The van der Waals surface area contributed by atoms with Gasteiger partial charge in [0, 0.05) is 15.5 Å². The van der Waals surface area contributed by atoms with Crippen molar-refractivity contribution in [2.75, 3.05) is 7.11 Å². The summed E-state index contributed by atoms with van der Waals surface area (Å²) < 4.78 is 41.2. The molecule has 0 saturated carbocycles. The Kier molecular flexibility index (Phi) is 5.10. The van der Waals surface area contributed by atoms with E-state index in [0.29, 0.717) is 16.8 Å². The third-order valence-electron chi connectivity index (χ3n) is 5.36. The highest BCUT2D eigenvalue weighted by Crippen LogP contribution is 2.83. The van der Waals surface area contributed by atoms with Gasteiger partial charge in [-0.05, 0) is 12.1 Å². The van der Waals surface area contributed by atoms with Gasteiger partial charge in [-0.1, -0.05) is 68.4 Å². The normalized spacial score (nSPS) is 24.2. The van der Waals surface area contributed by atoms with Crippen molar-refractivity contribution in [2.45, 2.75) is 83.4 Å². The van der Waals surface area contributed by atoms with E-state index in [9.17, 15) is 9.13 Å². The van der Waals surface area contributed by atoms with Crippen LogP contribution in [0.15, 0.2) is 18.2 Å². The van der Waals surface area contributed by atoms with Gasteiger partial charge in [-0.2, -0.15) is 0 Å². The molecule has 4 nitrogen and oxygen atoms in total. The zero-order valence-electron chi connectivity index (χ0n) is 17.8. The van der Waals surface area contributed by atoms with E-state index in [1.54, 1.807) is 7.11 Å². The Morgan fingerprint density at radius 1 is 1.00 bits per heavy atom. The van der Waals surface area contributed by atoms with E-state index in [1.807, 2.05) is 80.5 Å². The second-order valence-corrected chi connectivity index (χ2v) is 18.5. The lowest BCUT2D eigenvalue weighted by atomic mass is 10.2. The molecule has 0 radical (unpaired) electrons. The lowest BCUT2D eigenvalue weighted by Gasteiger charge is -2.47. The van der Waals surface area contributed by atoms with Crippen molar-refractivity contribution in [1.82, 2.24) is 0 Å². The number of hydrogen-bond donors (Lipinski definition) is 0. The number of ether oxygens (including phenoxy) is 2. The Morgan fingerprint density at radius 2 is 1.50 bits per heavy atom. The van der Waals surface area contributed by atoms with Crippen molar-refractivity contribution in [3.8, 4) is 11.5 Å². The number of fused-ring (bicyclic) bond motifs is 1. The molecule has 1 heterocycles. The van der Waals surface area contributed by atoms with E-state index in [2.05, 4.69) is 0 Å². The highest BCUT2D eigenvalue weighted by molar-refractivity contribution is 7.87. The Balaban J connectivity index is 2.91. The van der Waals surface area contributed by atoms with Crippen LogP contribution in [0.5, 0.6) is 11.5 Å². The SMILES string of the molecule is COc1cccc2c1[P@@](=O)(C(C)(C)C)C(P(=O)(C(C)(C)C)C(C)(C)C)O2. The number of rotatable bonds is 2. The van der Waals surface area contributed by atoms with Gasteiger partial charge in [-0.15, -0.1) is 0 Å². The van der Waals surface area contributed by atoms with Gasteiger partial charge in [-0.25, -0.2) is 0 Å². The zero-order chi connectivity index (χ0) is 20.3. The Morgan fingerprint density at radius 3 is 1.88 bits per heavy atom. The molecule has 26 heavy (non-hydrogen) atoms.